The molecule has 2 N–H and O–H groups in total. The molecule has 2 aromatic rings. The minimum atomic E-state index is -0.328. The van der Waals surface area contributed by atoms with Gasteiger partial charge in [0.25, 0.3) is 0 Å². The Bertz CT molecular complexity index is 478. The Hall–Kier alpha value is -1.26. The SMILES string of the molecule is CCc1ccc(CC(N)c2ccc(F)cn2)s1. The fourth-order valence-corrected chi connectivity index (χ4v) is 2.67. The summed E-state index contributed by atoms with van der Waals surface area (Å²) in [5.74, 6) is -0.328. The smallest absolute Gasteiger partial charge is 0.141 e. The van der Waals surface area contributed by atoms with Crippen LogP contribution in [0.3, 0.4) is 0 Å². The Morgan fingerprint density at radius 1 is 1.29 bits per heavy atom. The first-order chi connectivity index (χ1) is 8.19. The second kappa shape index (κ2) is 5.38. The zero-order valence-electron chi connectivity index (χ0n) is 9.69. The number of hydrogen-bond donors (Lipinski definition) is 1. The molecule has 0 spiro atoms. The van der Waals surface area contributed by atoms with Crippen molar-refractivity contribution in [1.29, 1.82) is 0 Å². The zero-order valence-corrected chi connectivity index (χ0v) is 10.5. The minimum absolute atomic E-state index is 0.168. The summed E-state index contributed by atoms with van der Waals surface area (Å²) in [5, 5.41) is 0. The van der Waals surface area contributed by atoms with Crippen LogP contribution >= 0.6 is 11.3 Å². The molecule has 2 rings (SSSR count). The van der Waals surface area contributed by atoms with Gasteiger partial charge in [0.05, 0.1) is 17.9 Å². The van der Waals surface area contributed by atoms with E-state index in [1.807, 2.05) is 0 Å². The Morgan fingerprint density at radius 3 is 2.65 bits per heavy atom. The van der Waals surface area contributed by atoms with Crippen LogP contribution < -0.4 is 5.73 Å². The molecule has 0 fully saturated rings. The van der Waals surface area contributed by atoms with Crippen molar-refractivity contribution < 1.29 is 4.39 Å². The quantitative estimate of drug-likeness (QED) is 0.905. The maximum atomic E-state index is 12.7. The van der Waals surface area contributed by atoms with Crippen LogP contribution in [0.5, 0.6) is 0 Å². The number of pyridine rings is 1. The van der Waals surface area contributed by atoms with Crippen molar-refractivity contribution in [1.82, 2.24) is 4.98 Å². The average Bonchev–Trinajstić information content (AvgIpc) is 2.77. The van der Waals surface area contributed by atoms with E-state index >= 15 is 0 Å². The van der Waals surface area contributed by atoms with Crippen LogP contribution in [-0.2, 0) is 12.8 Å². The van der Waals surface area contributed by atoms with Crippen LogP contribution in [0.1, 0.15) is 28.4 Å². The van der Waals surface area contributed by atoms with Crippen molar-refractivity contribution in [2.45, 2.75) is 25.8 Å². The fourth-order valence-electron chi connectivity index (χ4n) is 1.65. The molecular weight excluding hydrogens is 235 g/mol. The minimum Gasteiger partial charge on any atom is -0.322 e. The van der Waals surface area contributed by atoms with Crippen molar-refractivity contribution in [2.24, 2.45) is 5.73 Å². The van der Waals surface area contributed by atoms with Gasteiger partial charge in [-0.05, 0) is 30.7 Å². The highest BCUT2D eigenvalue weighted by atomic mass is 32.1. The van der Waals surface area contributed by atoms with E-state index in [1.165, 1.54) is 22.0 Å². The molecule has 2 aromatic heterocycles. The summed E-state index contributed by atoms with van der Waals surface area (Å²) < 4.78 is 12.7. The molecule has 1 atom stereocenters. The molecule has 0 saturated carbocycles. The Balaban J connectivity index is 2.05. The highest BCUT2D eigenvalue weighted by molar-refractivity contribution is 7.11. The number of nitrogens with zero attached hydrogens (tertiary/aromatic N) is 1. The molecule has 0 saturated heterocycles. The van der Waals surface area contributed by atoms with Crippen molar-refractivity contribution >= 4 is 11.3 Å². The van der Waals surface area contributed by atoms with Gasteiger partial charge in [0.2, 0.25) is 0 Å². The highest BCUT2D eigenvalue weighted by Crippen LogP contribution is 2.22. The van der Waals surface area contributed by atoms with Gasteiger partial charge >= 0.3 is 0 Å². The van der Waals surface area contributed by atoms with Gasteiger partial charge in [-0.1, -0.05) is 6.92 Å². The number of aromatic nitrogens is 1. The summed E-state index contributed by atoms with van der Waals surface area (Å²) in [7, 11) is 0. The second-order valence-corrected chi connectivity index (χ2v) is 5.19. The van der Waals surface area contributed by atoms with Crippen LogP contribution in [-0.4, -0.2) is 4.98 Å². The third kappa shape index (κ3) is 3.11. The van der Waals surface area contributed by atoms with Crippen LogP contribution in [0.25, 0.3) is 0 Å². The molecule has 0 bridgehead atoms. The lowest BCUT2D eigenvalue weighted by Crippen LogP contribution is -2.14. The predicted octanol–water partition coefficient (Wildman–Crippen LogP) is 3.09. The molecule has 0 radical (unpaired) electrons. The lowest BCUT2D eigenvalue weighted by molar-refractivity contribution is 0.612. The number of rotatable bonds is 4. The third-order valence-electron chi connectivity index (χ3n) is 2.62. The zero-order chi connectivity index (χ0) is 12.3. The van der Waals surface area contributed by atoms with Gasteiger partial charge in [0.1, 0.15) is 5.82 Å². The monoisotopic (exact) mass is 250 g/mol. The molecule has 2 heterocycles. The topological polar surface area (TPSA) is 38.9 Å². The summed E-state index contributed by atoms with van der Waals surface area (Å²) >= 11 is 1.78. The third-order valence-corrected chi connectivity index (χ3v) is 3.87. The van der Waals surface area contributed by atoms with E-state index in [1.54, 1.807) is 17.4 Å². The second-order valence-electron chi connectivity index (χ2n) is 3.93. The van der Waals surface area contributed by atoms with E-state index in [4.69, 9.17) is 5.73 Å². The average molecular weight is 250 g/mol. The molecule has 0 aromatic carbocycles. The molecule has 17 heavy (non-hydrogen) atoms. The van der Waals surface area contributed by atoms with E-state index in [2.05, 4.69) is 24.0 Å². The molecule has 0 aliphatic rings. The van der Waals surface area contributed by atoms with E-state index < -0.39 is 0 Å². The van der Waals surface area contributed by atoms with E-state index in [0.717, 1.165) is 18.5 Å². The summed E-state index contributed by atoms with van der Waals surface area (Å²) in [4.78, 5) is 6.62. The van der Waals surface area contributed by atoms with Gasteiger partial charge in [-0.3, -0.25) is 4.98 Å². The fraction of sp³-hybridized carbons (Fsp3) is 0.308. The number of aryl methyl sites for hydroxylation is 1. The van der Waals surface area contributed by atoms with Gasteiger partial charge in [-0.15, -0.1) is 11.3 Å². The lowest BCUT2D eigenvalue weighted by atomic mass is 10.1. The molecule has 90 valence electrons. The lowest BCUT2D eigenvalue weighted by Gasteiger charge is -2.09. The predicted molar refractivity (Wildman–Crippen MR) is 68.5 cm³/mol. The van der Waals surface area contributed by atoms with Crippen molar-refractivity contribution in [3.8, 4) is 0 Å². The van der Waals surface area contributed by atoms with Crippen molar-refractivity contribution in [3.63, 3.8) is 0 Å². The van der Waals surface area contributed by atoms with Crippen LogP contribution in [0.4, 0.5) is 4.39 Å². The largest absolute Gasteiger partial charge is 0.322 e. The molecule has 0 aliphatic carbocycles. The molecule has 1 unspecified atom stereocenters. The van der Waals surface area contributed by atoms with E-state index in [9.17, 15) is 4.39 Å². The number of thiophene rings is 1. The Morgan fingerprint density at radius 2 is 2.06 bits per heavy atom. The number of hydrogen-bond acceptors (Lipinski definition) is 3. The molecule has 4 heteroatoms. The van der Waals surface area contributed by atoms with Crippen molar-refractivity contribution in [2.75, 3.05) is 0 Å². The maximum absolute atomic E-state index is 12.7. The number of nitrogens with two attached hydrogens (primary N) is 1. The Kier molecular flexibility index (Phi) is 3.86. The first-order valence-electron chi connectivity index (χ1n) is 5.63. The molecule has 0 aliphatic heterocycles. The summed E-state index contributed by atoms with van der Waals surface area (Å²) in [6.07, 6.45) is 3.01. The van der Waals surface area contributed by atoms with Crippen molar-refractivity contribution in [3.05, 3.63) is 51.7 Å². The molecule has 0 amide bonds. The van der Waals surface area contributed by atoms with Gasteiger partial charge in [0, 0.05) is 16.2 Å². The first-order valence-corrected chi connectivity index (χ1v) is 6.45. The molecule has 2 nitrogen and oxygen atoms in total. The number of halogens is 1. The first kappa shape index (κ1) is 12.2. The van der Waals surface area contributed by atoms with Crippen LogP contribution in [0, 0.1) is 5.82 Å². The van der Waals surface area contributed by atoms with Gasteiger partial charge in [-0.2, -0.15) is 0 Å². The maximum Gasteiger partial charge on any atom is 0.141 e. The van der Waals surface area contributed by atoms with Crippen LogP contribution in [0.2, 0.25) is 0 Å². The van der Waals surface area contributed by atoms with Gasteiger partial charge in [-0.25, -0.2) is 4.39 Å². The van der Waals surface area contributed by atoms with E-state index in [-0.39, 0.29) is 11.9 Å². The highest BCUT2D eigenvalue weighted by Gasteiger charge is 2.10. The van der Waals surface area contributed by atoms with E-state index in [0.29, 0.717) is 0 Å². The normalized spacial score (nSPS) is 12.6. The Labute approximate surface area is 104 Å². The van der Waals surface area contributed by atoms with Gasteiger partial charge < -0.3 is 5.73 Å². The van der Waals surface area contributed by atoms with Crippen LogP contribution in [0.15, 0.2) is 30.5 Å². The summed E-state index contributed by atoms with van der Waals surface area (Å²) in [6, 6.07) is 7.11. The summed E-state index contributed by atoms with van der Waals surface area (Å²) in [6.45, 7) is 2.14. The molecular formula is C13H15FN2S. The standard InChI is InChI=1S/C13H15FN2S/c1-2-10-4-5-11(17-10)7-12(15)13-6-3-9(14)8-16-13/h3-6,8,12H,2,7,15H2,1H3. The van der Waals surface area contributed by atoms with Gasteiger partial charge in [0.15, 0.2) is 0 Å². The summed E-state index contributed by atoms with van der Waals surface area (Å²) in [5.41, 5.74) is 6.78.